The summed E-state index contributed by atoms with van der Waals surface area (Å²) in [6.07, 6.45) is 1.02. The smallest absolute Gasteiger partial charge is 0.224 e. The van der Waals surface area contributed by atoms with Crippen molar-refractivity contribution < 1.29 is 4.79 Å². The molecule has 4 nitrogen and oxygen atoms in total. The minimum Gasteiger partial charge on any atom is -0.376 e. The SMILES string of the molecule is CN(C)c1ccc(Cl)cc1NC(=O)CCc1nc2ccccc2s1. The number of rotatable bonds is 5. The monoisotopic (exact) mass is 359 g/mol. The van der Waals surface area contributed by atoms with Crippen molar-refractivity contribution in [1.82, 2.24) is 4.98 Å². The Kier molecular flexibility index (Phi) is 5.02. The fourth-order valence-corrected chi connectivity index (χ4v) is 3.60. The highest BCUT2D eigenvalue weighted by molar-refractivity contribution is 7.18. The second-order valence-electron chi connectivity index (χ2n) is 5.68. The Bertz CT molecular complexity index is 843. The van der Waals surface area contributed by atoms with Gasteiger partial charge in [0, 0.05) is 32.0 Å². The maximum atomic E-state index is 12.3. The van der Waals surface area contributed by atoms with Crippen LogP contribution in [0.4, 0.5) is 11.4 Å². The molecule has 0 aliphatic heterocycles. The van der Waals surface area contributed by atoms with Crippen LogP contribution in [0, 0.1) is 0 Å². The molecule has 3 aromatic rings. The number of hydrogen-bond acceptors (Lipinski definition) is 4. The molecule has 1 N–H and O–H groups in total. The van der Waals surface area contributed by atoms with Crippen molar-refractivity contribution in [2.24, 2.45) is 0 Å². The predicted molar refractivity (Wildman–Crippen MR) is 102 cm³/mol. The number of hydrogen-bond donors (Lipinski definition) is 1. The molecule has 6 heteroatoms. The van der Waals surface area contributed by atoms with Crippen molar-refractivity contribution >= 4 is 50.4 Å². The maximum Gasteiger partial charge on any atom is 0.224 e. The molecule has 1 heterocycles. The molecule has 3 rings (SSSR count). The van der Waals surface area contributed by atoms with Gasteiger partial charge in [-0.1, -0.05) is 23.7 Å². The molecule has 1 amide bonds. The molecule has 0 spiro atoms. The van der Waals surface area contributed by atoms with E-state index in [0.29, 0.717) is 17.9 Å². The Morgan fingerprint density at radius 3 is 2.79 bits per heavy atom. The molecule has 0 unspecified atom stereocenters. The van der Waals surface area contributed by atoms with Crippen LogP contribution in [0.15, 0.2) is 42.5 Å². The van der Waals surface area contributed by atoms with Crippen molar-refractivity contribution in [3.05, 3.63) is 52.5 Å². The second-order valence-corrected chi connectivity index (χ2v) is 7.23. The van der Waals surface area contributed by atoms with Crippen molar-refractivity contribution in [1.29, 1.82) is 0 Å². The number of nitrogens with one attached hydrogen (secondary N) is 1. The number of nitrogens with zero attached hydrogens (tertiary/aromatic N) is 2. The van der Waals surface area contributed by atoms with Gasteiger partial charge >= 0.3 is 0 Å². The summed E-state index contributed by atoms with van der Waals surface area (Å²) >= 11 is 7.68. The van der Waals surface area contributed by atoms with E-state index in [0.717, 1.165) is 26.6 Å². The van der Waals surface area contributed by atoms with Crippen molar-refractivity contribution in [2.45, 2.75) is 12.8 Å². The maximum absolute atomic E-state index is 12.3. The van der Waals surface area contributed by atoms with Crippen LogP contribution in [0.3, 0.4) is 0 Å². The number of carbonyl (C=O) groups excluding carboxylic acids is 1. The Labute approximate surface area is 150 Å². The lowest BCUT2D eigenvalue weighted by Crippen LogP contribution is -2.17. The van der Waals surface area contributed by atoms with E-state index in [1.54, 1.807) is 17.4 Å². The molecule has 2 aromatic carbocycles. The molecule has 1 aromatic heterocycles. The van der Waals surface area contributed by atoms with Crippen LogP contribution in [0.5, 0.6) is 0 Å². The van der Waals surface area contributed by atoms with Gasteiger partial charge in [-0.05, 0) is 30.3 Å². The van der Waals surface area contributed by atoms with E-state index >= 15 is 0 Å². The molecule has 0 saturated heterocycles. The van der Waals surface area contributed by atoms with Gasteiger partial charge in [0.05, 0.1) is 26.6 Å². The lowest BCUT2D eigenvalue weighted by Gasteiger charge is -2.18. The molecule has 0 fully saturated rings. The summed E-state index contributed by atoms with van der Waals surface area (Å²) in [5.41, 5.74) is 2.64. The van der Waals surface area contributed by atoms with Crippen LogP contribution in [0.2, 0.25) is 5.02 Å². The van der Waals surface area contributed by atoms with Crippen LogP contribution < -0.4 is 10.2 Å². The van der Waals surface area contributed by atoms with Gasteiger partial charge in [0.25, 0.3) is 0 Å². The van der Waals surface area contributed by atoms with Gasteiger partial charge in [-0.3, -0.25) is 4.79 Å². The summed E-state index contributed by atoms with van der Waals surface area (Å²) in [5, 5.41) is 4.52. The molecule has 124 valence electrons. The number of carbonyl (C=O) groups is 1. The Morgan fingerprint density at radius 2 is 2.04 bits per heavy atom. The molecule has 0 aliphatic rings. The third-order valence-electron chi connectivity index (χ3n) is 3.62. The van der Waals surface area contributed by atoms with Crippen LogP contribution in [0.25, 0.3) is 10.2 Å². The van der Waals surface area contributed by atoms with Crippen LogP contribution >= 0.6 is 22.9 Å². The quantitative estimate of drug-likeness (QED) is 0.724. The van der Waals surface area contributed by atoms with Gasteiger partial charge in [-0.25, -0.2) is 4.98 Å². The highest BCUT2D eigenvalue weighted by atomic mass is 35.5. The van der Waals surface area contributed by atoms with Crippen LogP contribution in [-0.4, -0.2) is 25.0 Å². The molecule has 0 aliphatic carbocycles. The first kappa shape index (κ1) is 16.7. The van der Waals surface area contributed by atoms with Crippen LogP contribution in [-0.2, 0) is 11.2 Å². The summed E-state index contributed by atoms with van der Waals surface area (Å²) in [6.45, 7) is 0. The first-order chi connectivity index (χ1) is 11.5. The minimum atomic E-state index is -0.0420. The zero-order chi connectivity index (χ0) is 17.1. The molecule has 24 heavy (non-hydrogen) atoms. The molecule has 0 bridgehead atoms. The normalized spacial score (nSPS) is 10.8. The van der Waals surface area contributed by atoms with E-state index in [1.807, 2.05) is 55.4 Å². The van der Waals surface area contributed by atoms with E-state index in [9.17, 15) is 4.79 Å². The summed E-state index contributed by atoms with van der Waals surface area (Å²) in [4.78, 5) is 18.8. The number of para-hydroxylation sites is 1. The molecular formula is C18H18ClN3OS. The number of halogens is 1. The fourth-order valence-electron chi connectivity index (χ4n) is 2.46. The standard InChI is InChI=1S/C18H18ClN3OS/c1-22(2)15-8-7-12(19)11-14(15)20-17(23)9-10-18-21-13-5-3-4-6-16(13)24-18/h3-8,11H,9-10H2,1-2H3,(H,20,23). The Hall–Kier alpha value is -2.11. The molecular weight excluding hydrogens is 342 g/mol. The summed E-state index contributed by atoms with van der Waals surface area (Å²) in [6, 6.07) is 13.5. The lowest BCUT2D eigenvalue weighted by molar-refractivity contribution is -0.116. The topological polar surface area (TPSA) is 45.2 Å². The van der Waals surface area contributed by atoms with Crippen LogP contribution in [0.1, 0.15) is 11.4 Å². The number of aryl methyl sites for hydroxylation is 1. The van der Waals surface area contributed by atoms with E-state index in [1.165, 1.54) is 0 Å². The minimum absolute atomic E-state index is 0.0420. The van der Waals surface area contributed by atoms with Crippen molar-refractivity contribution in [3.8, 4) is 0 Å². The van der Waals surface area contributed by atoms with Gasteiger partial charge < -0.3 is 10.2 Å². The summed E-state index contributed by atoms with van der Waals surface area (Å²) in [7, 11) is 3.86. The molecule has 0 radical (unpaired) electrons. The number of anilines is 2. The van der Waals surface area contributed by atoms with Gasteiger partial charge in [-0.15, -0.1) is 11.3 Å². The van der Waals surface area contributed by atoms with Gasteiger partial charge in [0.2, 0.25) is 5.91 Å². The van der Waals surface area contributed by atoms with E-state index in [-0.39, 0.29) is 5.91 Å². The Morgan fingerprint density at radius 1 is 1.25 bits per heavy atom. The third kappa shape index (κ3) is 3.86. The number of aromatic nitrogens is 1. The lowest BCUT2D eigenvalue weighted by atomic mass is 10.2. The van der Waals surface area contributed by atoms with E-state index in [4.69, 9.17) is 11.6 Å². The van der Waals surface area contributed by atoms with Crippen molar-refractivity contribution in [3.63, 3.8) is 0 Å². The number of amides is 1. The van der Waals surface area contributed by atoms with Gasteiger partial charge in [-0.2, -0.15) is 0 Å². The second kappa shape index (κ2) is 7.20. The highest BCUT2D eigenvalue weighted by Crippen LogP contribution is 2.28. The zero-order valence-corrected chi connectivity index (χ0v) is 15.1. The average Bonchev–Trinajstić information content (AvgIpc) is 2.95. The average molecular weight is 360 g/mol. The number of thiazole rings is 1. The predicted octanol–water partition coefficient (Wildman–Crippen LogP) is 4.59. The molecule has 0 atom stereocenters. The number of fused-ring (bicyclic) bond motifs is 1. The zero-order valence-electron chi connectivity index (χ0n) is 13.5. The molecule has 0 saturated carbocycles. The van der Waals surface area contributed by atoms with Crippen molar-refractivity contribution in [2.75, 3.05) is 24.3 Å². The first-order valence-corrected chi connectivity index (χ1v) is 8.83. The number of benzene rings is 2. The first-order valence-electron chi connectivity index (χ1n) is 7.64. The van der Waals surface area contributed by atoms with Gasteiger partial charge in [0.15, 0.2) is 0 Å². The summed E-state index contributed by atoms with van der Waals surface area (Å²) in [5.74, 6) is -0.0420. The Balaban J connectivity index is 1.66. The van der Waals surface area contributed by atoms with E-state index in [2.05, 4.69) is 10.3 Å². The summed E-state index contributed by atoms with van der Waals surface area (Å²) < 4.78 is 1.15. The highest BCUT2D eigenvalue weighted by Gasteiger charge is 2.11. The third-order valence-corrected chi connectivity index (χ3v) is 4.95. The van der Waals surface area contributed by atoms with Gasteiger partial charge in [0.1, 0.15) is 0 Å². The largest absolute Gasteiger partial charge is 0.376 e. The fraction of sp³-hybridized carbons (Fsp3) is 0.222. The van der Waals surface area contributed by atoms with E-state index < -0.39 is 0 Å².